The summed E-state index contributed by atoms with van der Waals surface area (Å²) in [5, 5.41) is 1.40. The van der Waals surface area contributed by atoms with Crippen molar-refractivity contribution in [3.05, 3.63) is 23.9 Å². The lowest BCUT2D eigenvalue weighted by Crippen LogP contribution is -2.46. The Kier molecular flexibility index (Phi) is 6.45. The van der Waals surface area contributed by atoms with Gasteiger partial charge in [-0.2, -0.15) is 13.2 Å². The first kappa shape index (κ1) is 21.1. The van der Waals surface area contributed by atoms with Gasteiger partial charge in [0.15, 0.2) is 5.03 Å². The molecule has 0 bridgehead atoms. The summed E-state index contributed by atoms with van der Waals surface area (Å²) in [6, 6.07) is 2.19. The maximum absolute atomic E-state index is 12.9. The van der Waals surface area contributed by atoms with Gasteiger partial charge in [0.1, 0.15) is 0 Å². The first-order chi connectivity index (χ1) is 12.6. The van der Waals surface area contributed by atoms with Crippen molar-refractivity contribution in [3.8, 4) is 0 Å². The van der Waals surface area contributed by atoms with E-state index in [0.29, 0.717) is 19.4 Å². The SMILES string of the molecule is CCCNC(=O)C1CCCN(C(=O)c2cccnc2S(=O)(=O)C(F)(F)F)C1. The molecule has 2 rings (SSSR count). The van der Waals surface area contributed by atoms with Crippen LogP contribution in [0.5, 0.6) is 0 Å². The zero-order valence-electron chi connectivity index (χ0n) is 14.6. The Bertz CT molecular complexity index is 811. The molecule has 150 valence electrons. The first-order valence-electron chi connectivity index (χ1n) is 8.43. The summed E-state index contributed by atoms with van der Waals surface area (Å²) in [5.74, 6) is -1.61. The van der Waals surface area contributed by atoms with Gasteiger partial charge < -0.3 is 10.2 Å². The molecule has 1 saturated heterocycles. The predicted octanol–water partition coefficient (Wildman–Crippen LogP) is 1.75. The second kappa shape index (κ2) is 8.24. The van der Waals surface area contributed by atoms with Crippen molar-refractivity contribution >= 4 is 21.7 Å². The van der Waals surface area contributed by atoms with Crippen LogP contribution < -0.4 is 5.32 Å². The van der Waals surface area contributed by atoms with Crippen molar-refractivity contribution < 1.29 is 31.2 Å². The van der Waals surface area contributed by atoms with E-state index < -0.39 is 37.8 Å². The zero-order valence-corrected chi connectivity index (χ0v) is 15.4. The van der Waals surface area contributed by atoms with Crippen molar-refractivity contribution in [2.75, 3.05) is 19.6 Å². The molecule has 1 fully saturated rings. The Labute approximate surface area is 154 Å². The van der Waals surface area contributed by atoms with E-state index in [4.69, 9.17) is 0 Å². The molecule has 2 heterocycles. The number of carbonyl (C=O) groups is 2. The van der Waals surface area contributed by atoms with Crippen LogP contribution in [-0.4, -0.2) is 55.3 Å². The molecule has 1 unspecified atom stereocenters. The number of alkyl halides is 3. The Hall–Kier alpha value is -2.17. The van der Waals surface area contributed by atoms with E-state index in [1.807, 2.05) is 6.92 Å². The van der Waals surface area contributed by atoms with Crippen molar-refractivity contribution in [2.45, 2.75) is 36.7 Å². The highest BCUT2D eigenvalue weighted by atomic mass is 32.2. The van der Waals surface area contributed by atoms with E-state index in [1.165, 1.54) is 11.0 Å². The van der Waals surface area contributed by atoms with E-state index in [1.54, 1.807) is 0 Å². The van der Waals surface area contributed by atoms with Crippen molar-refractivity contribution in [1.82, 2.24) is 15.2 Å². The van der Waals surface area contributed by atoms with Gasteiger partial charge in [-0.05, 0) is 31.4 Å². The fourth-order valence-electron chi connectivity index (χ4n) is 2.82. The highest BCUT2D eigenvalue weighted by Crippen LogP contribution is 2.31. The highest BCUT2D eigenvalue weighted by molar-refractivity contribution is 7.92. The molecule has 1 atom stereocenters. The monoisotopic (exact) mass is 407 g/mol. The minimum absolute atomic E-state index is 0.00871. The minimum atomic E-state index is -5.77. The van der Waals surface area contributed by atoms with Crippen molar-refractivity contribution in [1.29, 1.82) is 0 Å². The fourth-order valence-corrected chi connectivity index (χ4v) is 3.68. The standard InChI is InChI=1S/C16H20F3N3O4S/c1-2-7-20-13(23)11-5-4-9-22(10-11)15(24)12-6-3-8-21-14(12)27(25,26)16(17,18)19/h3,6,8,11H,2,4-5,7,9-10H2,1H3,(H,20,23). The number of amides is 2. The number of halogens is 3. The third kappa shape index (κ3) is 4.57. The molecule has 1 aromatic rings. The number of hydrogen-bond acceptors (Lipinski definition) is 5. The van der Waals surface area contributed by atoms with E-state index in [2.05, 4.69) is 10.3 Å². The Morgan fingerprint density at radius 3 is 2.70 bits per heavy atom. The normalized spacial score (nSPS) is 18.2. The molecule has 1 N–H and O–H groups in total. The van der Waals surface area contributed by atoms with Gasteiger partial charge in [-0.1, -0.05) is 6.92 Å². The maximum Gasteiger partial charge on any atom is 0.503 e. The van der Waals surface area contributed by atoms with E-state index >= 15 is 0 Å². The van der Waals surface area contributed by atoms with E-state index in [-0.39, 0.29) is 19.0 Å². The van der Waals surface area contributed by atoms with Crippen LogP contribution in [0.2, 0.25) is 0 Å². The number of hydrogen-bond donors (Lipinski definition) is 1. The number of sulfone groups is 1. The molecule has 0 radical (unpaired) electrons. The van der Waals surface area contributed by atoms with Crippen LogP contribution in [0.25, 0.3) is 0 Å². The molecule has 0 spiro atoms. The zero-order chi connectivity index (χ0) is 20.2. The largest absolute Gasteiger partial charge is 0.503 e. The van der Waals surface area contributed by atoms with Gasteiger partial charge in [0.25, 0.3) is 15.7 Å². The molecule has 7 nitrogen and oxygen atoms in total. The summed E-state index contributed by atoms with van der Waals surface area (Å²) in [5.41, 5.74) is -6.22. The molecular weight excluding hydrogens is 387 g/mol. The number of nitrogens with one attached hydrogen (secondary N) is 1. The highest BCUT2D eigenvalue weighted by Gasteiger charge is 2.50. The molecule has 0 aliphatic carbocycles. The topological polar surface area (TPSA) is 96.4 Å². The first-order valence-corrected chi connectivity index (χ1v) is 9.91. The summed E-state index contributed by atoms with van der Waals surface area (Å²) in [7, 11) is -5.77. The lowest BCUT2D eigenvalue weighted by atomic mass is 9.96. The average Bonchev–Trinajstić information content (AvgIpc) is 2.64. The Balaban J connectivity index is 2.27. The summed E-state index contributed by atoms with van der Waals surface area (Å²) in [6.45, 7) is 2.60. The quantitative estimate of drug-likeness (QED) is 0.802. The van der Waals surface area contributed by atoms with Gasteiger partial charge in [0.2, 0.25) is 5.91 Å². The number of carbonyl (C=O) groups excluding carboxylic acids is 2. The molecule has 27 heavy (non-hydrogen) atoms. The fraction of sp³-hybridized carbons (Fsp3) is 0.562. The summed E-state index contributed by atoms with van der Waals surface area (Å²) in [6.07, 6.45) is 2.65. The van der Waals surface area contributed by atoms with Crippen LogP contribution in [0.4, 0.5) is 13.2 Å². The van der Waals surface area contributed by atoms with Crippen LogP contribution in [-0.2, 0) is 14.6 Å². The molecule has 1 aromatic heterocycles. The molecule has 0 aromatic carbocycles. The molecule has 0 saturated carbocycles. The predicted molar refractivity (Wildman–Crippen MR) is 89.4 cm³/mol. The molecule has 2 amide bonds. The maximum atomic E-state index is 12.9. The molecule has 1 aliphatic heterocycles. The van der Waals surface area contributed by atoms with Gasteiger partial charge in [-0.3, -0.25) is 9.59 Å². The summed E-state index contributed by atoms with van der Waals surface area (Å²) < 4.78 is 62.1. The minimum Gasteiger partial charge on any atom is -0.356 e. The van der Waals surface area contributed by atoms with Gasteiger partial charge in [0, 0.05) is 25.8 Å². The lowest BCUT2D eigenvalue weighted by Gasteiger charge is -2.32. The van der Waals surface area contributed by atoms with Gasteiger partial charge in [-0.25, -0.2) is 13.4 Å². The number of likely N-dealkylation sites (tertiary alicyclic amines) is 1. The van der Waals surface area contributed by atoms with Gasteiger partial charge in [0.05, 0.1) is 11.5 Å². The second-order valence-corrected chi connectivity index (χ2v) is 8.04. The third-order valence-electron chi connectivity index (χ3n) is 4.19. The van der Waals surface area contributed by atoms with Crippen molar-refractivity contribution in [2.24, 2.45) is 5.92 Å². The van der Waals surface area contributed by atoms with Crippen LogP contribution >= 0.6 is 0 Å². The summed E-state index contributed by atoms with van der Waals surface area (Å²) >= 11 is 0. The molecule has 1 aliphatic rings. The summed E-state index contributed by atoms with van der Waals surface area (Å²) in [4.78, 5) is 29.3. The number of aromatic nitrogens is 1. The number of nitrogens with zero attached hydrogens (tertiary/aromatic N) is 2. The third-order valence-corrected chi connectivity index (χ3v) is 5.63. The second-order valence-electron chi connectivity index (χ2n) is 6.19. The molecule has 11 heteroatoms. The number of pyridine rings is 1. The molecular formula is C16H20F3N3O4S. The van der Waals surface area contributed by atoms with Crippen molar-refractivity contribution in [3.63, 3.8) is 0 Å². The average molecular weight is 407 g/mol. The van der Waals surface area contributed by atoms with Crippen LogP contribution in [0.1, 0.15) is 36.5 Å². The Morgan fingerprint density at radius 1 is 1.37 bits per heavy atom. The van der Waals surface area contributed by atoms with Crippen LogP contribution in [0.3, 0.4) is 0 Å². The number of rotatable bonds is 5. The Morgan fingerprint density at radius 2 is 2.07 bits per heavy atom. The smallest absolute Gasteiger partial charge is 0.356 e. The van der Waals surface area contributed by atoms with E-state index in [0.717, 1.165) is 18.7 Å². The van der Waals surface area contributed by atoms with E-state index in [9.17, 15) is 31.2 Å². The van der Waals surface area contributed by atoms with Crippen LogP contribution in [0.15, 0.2) is 23.4 Å². The van der Waals surface area contributed by atoms with Gasteiger partial charge in [-0.15, -0.1) is 0 Å². The van der Waals surface area contributed by atoms with Crippen LogP contribution in [0, 0.1) is 5.92 Å². The number of piperidine rings is 1. The van der Waals surface area contributed by atoms with Gasteiger partial charge >= 0.3 is 5.51 Å². The lowest BCUT2D eigenvalue weighted by molar-refractivity contribution is -0.126.